The first-order valence-electron chi connectivity index (χ1n) is 12.0. The minimum Gasteiger partial charge on any atom is -0.314 e. The fourth-order valence-electron chi connectivity index (χ4n) is 4.06. The molecule has 5 rings (SSSR count). The van der Waals surface area contributed by atoms with E-state index in [9.17, 15) is 4.79 Å². The molecule has 2 aromatic rings. The third-order valence-corrected chi connectivity index (χ3v) is 5.56. The lowest BCUT2D eigenvalue weighted by Crippen LogP contribution is -2.53. The molecule has 0 aromatic heterocycles. The predicted octanol–water partition coefficient (Wildman–Crippen LogP) is 3.17. The van der Waals surface area contributed by atoms with Crippen molar-refractivity contribution in [1.82, 2.24) is 14.7 Å². The minimum atomic E-state index is -2.09. The first-order chi connectivity index (χ1) is 15.7. The topological polar surface area (TPSA) is 39.2 Å². The third kappa shape index (κ3) is 3.36. The van der Waals surface area contributed by atoms with Crippen LogP contribution in [-0.4, -0.2) is 52.7 Å². The summed E-state index contributed by atoms with van der Waals surface area (Å²) in [5, 5.41) is 0. The molecule has 0 saturated heterocycles. The number of rotatable bonds is 4. The van der Waals surface area contributed by atoms with Gasteiger partial charge >= 0.3 is 0 Å². The zero-order valence-electron chi connectivity index (χ0n) is 20.4. The van der Waals surface area contributed by atoms with Gasteiger partial charge in [0.05, 0.1) is 21.4 Å². The van der Waals surface area contributed by atoms with Crippen LogP contribution >= 0.6 is 0 Å². The van der Waals surface area contributed by atoms with Crippen molar-refractivity contribution in [3.05, 3.63) is 82.6 Å². The monoisotopic (exact) mass is 390 g/mol. The van der Waals surface area contributed by atoms with Gasteiger partial charge in [0.15, 0.2) is 0 Å². The van der Waals surface area contributed by atoms with E-state index in [0.29, 0.717) is 48.7 Å². The van der Waals surface area contributed by atoms with Crippen molar-refractivity contribution < 1.29 is 10.3 Å². The maximum absolute atomic E-state index is 13.8. The fraction of sp³-hybridized carbons (Fsp3) is 0.333. The SMILES string of the molecule is [2H]C([2H])(c1ccccc1)N1CCC2=C(C1)C(=O)N(C([2H])([2H])c1ccccc1C)C1=NCCN12. The molecule has 29 heavy (non-hydrogen) atoms. The van der Waals surface area contributed by atoms with Gasteiger partial charge in [0.1, 0.15) is 0 Å². The summed E-state index contributed by atoms with van der Waals surface area (Å²) in [6.07, 6.45) is 0.508. The highest BCUT2D eigenvalue weighted by molar-refractivity contribution is 6.09. The highest BCUT2D eigenvalue weighted by Crippen LogP contribution is 2.32. The van der Waals surface area contributed by atoms with E-state index in [0.717, 1.165) is 11.3 Å². The normalized spacial score (nSPS) is 22.4. The van der Waals surface area contributed by atoms with Crippen LogP contribution in [0.3, 0.4) is 0 Å². The van der Waals surface area contributed by atoms with Gasteiger partial charge < -0.3 is 4.90 Å². The molecule has 0 atom stereocenters. The molecule has 0 saturated carbocycles. The van der Waals surface area contributed by atoms with E-state index >= 15 is 0 Å². The standard InChI is InChI=1S/C24H26N4O/c1-18-7-5-6-10-20(18)16-28-23(29)21-17-26(15-19-8-3-2-4-9-19)13-11-22(21)27-14-12-25-24(27)28/h2-10H,11-17H2,1H3/i15D2,16D2. The van der Waals surface area contributed by atoms with Crippen molar-refractivity contribution in [1.29, 1.82) is 0 Å². The Morgan fingerprint density at radius 1 is 1.03 bits per heavy atom. The summed E-state index contributed by atoms with van der Waals surface area (Å²) < 4.78 is 35.4. The molecule has 0 radical (unpaired) electrons. The molecular formula is C24H26N4O. The molecule has 0 unspecified atom stereocenters. The lowest BCUT2D eigenvalue weighted by atomic mass is 9.99. The second-order valence-corrected chi connectivity index (χ2v) is 7.48. The molecule has 148 valence electrons. The summed E-state index contributed by atoms with van der Waals surface area (Å²) in [5.41, 5.74) is 3.00. The smallest absolute Gasteiger partial charge is 0.259 e. The van der Waals surface area contributed by atoms with Crippen molar-refractivity contribution >= 4 is 11.9 Å². The molecule has 3 heterocycles. The molecule has 0 spiro atoms. The van der Waals surface area contributed by atoms with Crippen LogP contribution in [0, 0.1) is 6.92 Å². The Balaban J connectivity index is 1.54. The summed E-state index contributed by atoms with van der Waals surface area (Å²) >= 11 is 0. The lowest BCUT2D eigenvalue weighted by molar-refractivity contribution is -0.125. The van der Waals surface area contributed by atoms with Gasteiger partial charge in [-0.25, -0.2) is 0 Å². The summed E-state index contributed by atoms with van der Waals surface area (Å²) in [6.45, 7) is -0.357. The Labute approximate surface area is 177 Å². The minimum absolute atomic E-state index is 0.111. The molecule has 1 amide bonds. The molecule has 3 aliphatic rings. The maximum Gasteiger partial charge on any atom is 0.259 e. The molecule has 5 nitrogen and oxygen atoms in total. The maximum atomic E-state index is 13.8. The second kappa shape index (κ2) is 7.48. The van der Waals surface area contributed by atoms with Crippen molar-refractivity contribution in [3.8, 4) is 0 Å². The first-order valence-corrected chi connectivity index (χ1v) is 9.98. The largest absolute Gasteiger partial charge is 0.314 e. The zero-order chi connectivity index (χ0) is 23.4. The zero-order valence-corrected chi connectivity index (χ0v) is 16.4. The van der Waals surface area contributed by atoms with Gasteiger partial charge in [0.2, 0.25) is 5.96 Å². The number of aliphatic imine (C=N–C) groups is 1. The van der Waals surface area contributed by atoms with Crippen LogP contribution in [0.2, 0.25) is 0 Å². The number of aryl methyl sites for hydroxylation is 1. The fourth-order valence-corrected chi connectivity index (χ4v) is 4.06. The van der Waals surface area contributed by atoms with Crippen molar-refractivity contribution in [2.45, 2.75) is 26.3 Å². The van der Waals surface area contributed by atoms with Gasteiger partial charge in [-0.15, -0.1) is 0 Å². The number of carbonyl (C=O) groups is 1. The molecule has 5 heteroatoms. The van der Waals surface area contributed by atoms with Crippen LogP contribution in [0.15, 0.2) is 70.9 Å². The number of hydrogen-bond acceptors (Lipinski definition) is 4. The molecule has 0 bridgehead atoms. The second-order valence-electron chi connectivity index (χ2n) is 7.48. The van der Waals surface area contributed by atoms with Crippen LogP contribution in [0.25, 0.3) is 0 Å². The number of guanidine groups is 1. The molecule has 0 aliphatic carbocycles. The molecule has 3 aliphatic heterocycles. The average molecular weight is 391 g/mol. The van der Waals surface area contributed by atoms with Crippen molar-refractivity contribution in [3.63, 3.8) is 0 Å². The highest BCUT2D eigenvalue weighted by atomic mass is 16.2. The average Bonchev–Trinajstić information content (AvgIpc) is 3.29. The Hall–Kier alpha value is -2.92. The Bertz CT molecular complexity index is 1160. The van der Waals surface area contributed by atoms with E-state index in [1.54, 1.807) is 41.3 Å². The lowest BCUT2D eigenvalue weighted by Gasteiger charge is -2.42. The van der Waals surface area contributed by atoms with Crippen LogP contribution in [-0.2, 0) is 17.8 Å². The Morgan fingerprint density at radius 2 is 1.83 bits per heavy atom. The van der Waals surface area contributed by atoms with Crippen LogP contribution in [0.1, 0.15) is 28.6 Å². The third-order valence-electron chi connectivity index (χ3n) is 5.56. The van der Waals surface area contributed by atoms with E-state index in [1.165, 1.54) is 4.90 Å². The van der Waals surface area contributed by atoms with Crippen molar-refractivity contribution in [2.75, 3.05) is 26.2 Å². The van der Waals surface area contributed by atoms with Crippen LogP contribution in [0.4, 0.5) is 0 Å². The number of nitrogens with zero attached hydrogens (tertiary/aromatic N) is 4. The number of hydrogen-bond donors (Lipinski definition) is 0. The molecule has 2 aromatic carbocycles. The van der Waals surface area contributed by atoms with E-state index in [2.05, 4.69) is 4.99 Å². The highest BCUT2D eigenvalue weighted by Gasteiger charge is 2.40. The summed E-state index contributed by atoms with van der Waals surface area (Å²) in [6, 6.07) is 16.1. The van der Waals surface area contributed by atoms with Gasteiger partial charge in [-0.1, -0.05) is 54.6 Å². The van der Waals surface area contributed by atoms with Gasteiger partial charge in [0, 0.05) is 41.0 Å². The van der Waals surface area contributed by atoms with E-state index in [4.69, 9.17) is 5.48 Å². The Kier molecular flexibility index (Phi) is 3.65. The predicted molar refractivity (Wildman–Crippen MR) is 114 cm³/mol. The summed E-state index contributed by atoms with van der Waals surface area (Å²) in [4.78, 5) is 23.1. The van der Waals surface area contributed by atoms with Crippen molar-refractivity contribution in [2.24, 2.45) is 4.99 Å². The van der Waals surface area contributed by atoms with Crippen LogP contribution in [0.5, 0.6) is 0 Å². The number of carbonyl (C=O) groups excluding carboxylic acids is 1. The summed E-state index contributed by atoms with van der Waals surface area (Å²) in [7, 11) is 0. The molecule has 0 fully saturated rings. The van der Waals surface area contributed by atoms with E-state index in [-0.39, 0.29) is 6.54 Å². The van der Waals surface area contributed by atoms with Gasteiger partial charge in [-0.2, -0.15) is 0 Å². The van der Waals surface area contributed by atoms with E-state index in [1.807, 2.05) is 30.0 Å². The van der Waals surface area contributed by atoms with E-state index < -0.39 is 18.9 Å². The van der Waals surface area contributed by atoms with Crippen LogP contribution < -0.4 is 0 Å². The first kappa shape index (κ1) is 14.1. The quantitative estimate of drug-likeness (QED) is 0.805. The molecular weight excluding hydrogens is 360 g/mol. The summed E-state index contributed by atoms with van der Waals surface area (Å²) in [5.74, 6) is -0.0877. The number of amides is 1. The number of fused-ring (bicyclic) bond motifs is 2. The number of benzene rings is 2. The Morgan fingerprint density at radius 3 is 2.66 bits per heavy atom. The van der Waals surface area contributed by atoms with Gasteiger partial charge in [0.25, 0.3) is 5.91 Å². The van der Waals surface area contributed by atoms with Gasteiger partial charge in [-0.3, -0.25) is 19.6 Å². The molecule has 0 N–H and O–H groups in total. The van der Waals surface area contributed by atoms with Gasteiger partial charge in [-0.05, 0) is 23.6 Å².